The van der Waals surface area contributed by atoms with E-state index in [0.29, 0.717) is 24.3 Å². The van der Waals surface area contributed by atoms with Gasteiger partial charge >= 0.3 is 0 Å². The molecule has 0 saturated carbocycles. The van der Waals surface area contributed by atoms with Crippen LogP contribution in [0.1, 0.15) is 50.8 Å². The molecule has 0 aliphatic carbocycles. The predicted octanol–water partition coefficient (Wildman–Crippen LogP) is 3.13. The highest BCUT2D eigenvalue weighted by Gasteiger charge is 2.38. The molecule has 0 aromatic heterocycles. The van der Waals surface area contributed by atoms with Gasteiger partial charge in [-0.2, -0.15) is 0 Å². The van der Waals surface area contributed by atoms with Gasteiger partial charge < -0.3 is 9.64 Å². The maximum Gasteiger partial charge on any atom is 0.261 e. The summed E-state index contributed by atoms with van der Waals surface area (Å²) in [6, 6.07) is 14.1. The molecule has 2 aromatic carbocycles. The molecule has 0 N–H and O–H groups in total. The molecule has 3 amide bonds. The quantitative estimate of drug-likeness (QED) is 0.750. The SMILES string of the molecule is CCN(C(=O)c1ccc2c(c1)C(=O)N(CC1CCCO1)C2=O)c1ccccc1. The molecule has 0 spiro atoms. The fourth-order valence-electron chi connectivity index (χ4n) is 3.79. The molecule has 1 atom stereocenters. The minimum atomic E-state index is -0.354. The second-order valence-electron chi connectivity index (χ2n) is 7.00. The van der Waals surface area contributed by atoms with Gasteiger partial charge in [-0.3, -0.25) is 19.3 Å². The molecule has 28 heavy (non-hydrogen) atoms. The highest BCUT2D eigenvalue weighted by Crippen LogP contribution is 2.27. The largest absolute Gasteiger partial charge is 0.376 e. The molecule has 2 aromatic rings. The van der Waals surface area contributed by atoms with Crippen LogP contribution in [0.15, 0.2) is 48.5 Å². The molecule has 1 saturated heterocycles. The molecule has 4 rings (SSSR count). The van der Waals surface area contributed by atoms with Gasteiger partial charge in [0.05, 0.1) is 23.8 Å². The van der Waals surface area contributed by atoms with Crippen LogP contribution >= 0.6 is 0 Å². The fourth-order valence-corrected chi connectivity index (χ4v) is 3.79. The van der Waals surface area contributed by atoms with Crippen LogP contribution in [0, 0.1) is 0 Å². The van der Waals surface area contributed by atoms with Crippen LogP contribution < -0.4 is 4.90 Å². The second kappa shape index (κ2) is 7.56. The van der Waals surface area contributed by atoms with Crippen LogP contribution in [0.2, 0.25) is 0 Å². The molecular weight excluding hydrogens is 356 g/mol. The van der Waals surface area contributed by atoms with Crippen molar-refractivity contribution in [2.24, 2.45) is 0 Å². The van der Waals surface area contributed by atoms with Crippen molar-refractivity contribution < 1.29 is 19.1 Å². The van der Waals surface area contributed by atoms with Crippen LogP contribution in [-0.2, 0) is 4.74 Å². The maximum atomic E-state index is 13.0. The maximum absolute atomic E-state index is 13.0. The minimum absolute atomic E-state index is 0.100. The van der Waals surface area contributed by atoms with Crippen molar-refractivity contribution in [3.63, 3.8) is 0 Å². The number of hydrogen-bond acceptors (Lipinski definition) is 4. The van der Waals surface area contributed by atoms with Gasteiger partial charge in [-0.05, 0) is 50.1 Å². The van der Waals surface area contributed by atoms with Crippen molar-refractivity contribution in [2.75, 3.05) is 24.6 Å². The van der Waals surface area contributed by atoms with Crippen molar-refractivity contribution in [1.29, 1.82) is 0 Å². The van der Waals surface area contributed by atoms with E-state index < -0.39 is 0 Å². The number of amides is 3. The Bertz CT molecular complexity index is 919. The summed E-state index contributed by atoms with van der Waals surface area (Å²) in [5, 5.41) is 0. The molecule has 0 radical (unpaired) electrons. The number of benzene rings is 2. The van der Waals surface area contributed by atoms with Gasteiger partial charge in [0.2, 0.25) is 0 Å². The van der Waals surface area contributed by atoms with Crippen LogP contribution in [0.25, 0.3) is 0 Å². The molecule has 2 aliphatic rings. The third-order valence-electron chi connectivity index (χ3n) is 5.26. The first-order chi connectivity index (χ1) is 13.6. The van der Waals surface area contributed by atoms with Crippen LogP contribution in [0.5, 0.6) is 0 Å². The van der Waals surface area contributed by atoms with E-state index in [-0.39, 0.29) is 35.9 Å². The molecule has 6 heteroatoms. The number of nitrogens with zero attached hydrogens (tertiary/aromatic N) is 2. The summed E-state index contributed by atoms with van der Waals surface area (Å²) >= 11 is 0. The van der Waals surface area contributed by atoms with Gasteiger partial charge in [-0.1, -0.05) is 18.2 Å². The molecule has 1 unspecified atom stereocenters. The Labute approximate surface area is 163 Å². The van der Waals surface area contributed by atoms with Crippen molar-refractivity contribution in [2.45, 2.75) is 25.9 Å². The Balaban J connectivity index is 1.60. The van der Waals surface area contributed by atoms with Gasteiger partial charge in [0.1, 0.15) is 0 Å². The number of ether oxygens (including phenoxy) is 1. The summed E-state index contributed by atoms with van der Waals surface area (Å²) in [4.78, 5) is 41.4. The topological polar surface area (TPSA) is 66.9 Å². The Kier molecular flexibility index (Phi) is 4.96. The Morgan fingerprint density at radius 3 is 2.54 bits per heavy atom. The number of anilines is 1. The zero-order chi connectivity index (χ0) is 19.7. The summed E-state index contributed by atoms with van der Waals surface area (Å²) in [6.07, 6.45) is 1.69. The molecule has 2 aliphatic heterocycles. The fraction of sp³-hybridized carbons (Fsp3) is 0.318. The first kappa shape index (κ1) is 18.4. The first-order valence-electron chi connectivity index (χ1n) is 9.59. The third-order valence-corrected chi connectivity index (χ3v) is 5.26. The van der Waals surface area contributed by atoms with E-state index in [1.54, 1.807) is 23.1 Å². The predicted molar refractivity (Wildman–Crippen MR) is 105 cm³/mol. The van der Waals surface area contributed by atoms with Gasteiger partial charge in [0.25, 0.3) is 17.7 Å². The van der Waals surface area contributed by atoms with Crippen molar-refractivity contribution in [1.82, 2.24) is 4.90 Å². The Hall–Kier alpha value is -2.99. The molecule has 144 valence electrons. The molecule has 1 fully saturated rings. The van der Waals surface area contributed by atoms with Gasteiger partial charge in [-0.15, -0.1) is 0 Å². The summed E-state index contributed by atoms with van der Waals surface area (Å²) in [7, 11) is 0. The summed E-state index contributed by atoms with van der Waals surface area (Å²) in [5.74, 6) is -0.868. The smallest absolute Gasteiger partial charge is 0.261 e. The lowest BCUT2D eigenvalue weighted by molar-refractivity contribution is 0.0475. The second-order valence-corrected chi connectivity index (χ2v) is 7.00. The van der Waals surface area contributed by atoms with Crippen LogP contribution in [-0.4, -0.2) is 48.4 Å². The number of hydrogen-bond donors (Lipinski definition) is 0. The molecule has 6 nitrogen and oxygen atoms in total. The number of carbonyl (C=O) groups is 3. The summed E-state index contributed by atoms with van der Waals surface area (Å²) in [5.41, 5.74) is 1.82. The van der Waals surface area contributed by atoms with Gasteiger partial charge in [0, 0.05) is 24.4 Å². The summed E-state index contributed by atoms with van der Waals surface area (Å²) < 4.78 is 5.56. The number of carbonyl (C=O) groups excluding carboxylic acids is 3. The van der Waals surface area contributed by atoms with Crippen molar-refractivity contribution in [3.05, 3.63) is 65.2 Å². The van der Waals surface area contributed by atoms with Gasteiger partial charge in [0.15, 0.2) is 0 Å². The van der Waals surface area contributed by atoms with Crippen LogP contribution in [0.3, 0.4) is 0 Å². The van der Waals surface area contributed by atoms with E-state index in [1.807, 2.05) is 37.3 Å². The number of para-hydroxylation sites is 1. The normalized spacial score (nSPS) is 18.5. The monoisotopic (exact) mass is 378 g/mol. The van der Waals surface area contributed by atoms with E-state index in [9.17, 15) is 14.4 Å². The zero-order valence-electron chi connectivity index (χ0n) is 15.8. The van der Waals surface area contributed by atoms with E-state index >= 15 is 0 Å². The highest BCUT2D eigenvalue weighted by molar-refractivity contribution is 6.22. The van der Waals surface area contributed by atoms with E-state index in [4.69, 9.17) is 4.74 Å². The first-order valence-corrected chi connectivity index (χ1v) is 9.59. The van der Waals surface area contributed by atoms with E-state index in [1.165, 1.54) is 4.90 Å². The lowest BCUT2D eigenvalue weighted by Crippen LogP contribution is -2.36. The number of imide groups is 1. The molecular formula is C22H22N2O4. The third kappa shape index (κ3) is 3.20. The molecule has 0 bridgehead atoms. The Morgan fingerprint density at radius 2 is 1.86 bits per heavy atom. The lowest BCUT2D eigenvalue weighted by atomic mass is 10.0. The average molecular weight is 378 g/mol. The minimum Gasteiger partial charge on any atom is -0.376 e. The molecule has 2 heterocycles. The zero-order valence-corrected chi connectivity index (χ0v) is 15.8. The van der Waals surface area contributed by atoms with Crippen molar-refractivity contribution in [3.8, 4) is 0 Å². The van der Waals surface area contributed by atoms with Crippen molar-refractivity contribution >= 4 is 23.4 Å². The highest BCUT2D eigenvalue weighted by atomic mass is 16.5. The van der Waals surface area contributed by atoms with E-state index in [0.717, 1.165) is 18.5 Å². The van der Waals surface area contributed by atoms with Gasteiger partial charge in [-0.25, -0.2) is 0 Å². The lowest BCUT2D eigenvalue weighted by Gasteiger charge is -2.21. The average Bonchev–Trinajstić information content (AvgIpc) is 3.32. The van der Waals surface area contributed by atoms with E-state index in [2.05, 4.69) is 0 Å². The number of rotatable bonds is 5. The standard InChI is InChI=1S/C22H22N2O4/c1-2-23(16-7-4-3-5-8-16)20(25)15-10-11-18-19(13-15)22(27)24(21(18)26)14-17-9-6-12-28-17/h3-5,7-8,10-11,13,17H,2,6,9,12,14H2,1H3. The Morgan fingerprint density at radius 1 is 1.11 bits per heavy atom. The number of fused-ring (bicyclic) bond motifs is 1. The van der Waals surface area contributed by atoms with Crippen LogP contribution in [0.4, 0.5) is 5.69 Å². The summed E-state index contributed by atoms with van der Waals surface area (Å²) in [6.45, 7) is 3.33.